The number of unbranched alkanes of at least 4 members (excludes halogenated alkanes) is 2. The van der Waals surface area contributed by atoms with E-state index >= 15 is 0 Å². The van der Waals surface area contributed by atoms with Gasteiger partial charge in [-0.25, -0.2) is 4.79 Å². The molecule has 5 nitrogen and oxygen atoms in total. The summed E-state index contributed by atoms with van der Waals surface area (Å²) in [5, 5.41) is 11.4. The molecule has 0 aromatic carbocycles. The minimum atomic E-state index is -0.752. The molecule has 6 heteroatoms. The Labute approximate surface area is 112 Å². The molecule has 1 aliphatic rings. The first-order valence-corrected chi connectivity index (χ1v) is 7.57. The molecule has 1 unspecified atom stereocenters. The van der Waals surface area contributed by atoms with Gasteiger partial charge in [-0.1, -0.05) is 6.42 Å². The van der Waals surface area contributed by atoms with E-state index in [2.05, 4.69) is 5.32 Å². The van der Waals surface area contributed by atoms with Crippen LogP contribution in [0.2, 0.25) is 0 Å². The van der Waals surface area contributed by atoms with E-state index in [1.807, 2.05) is 18.8 Å². The van der Waals surface area contributed by atoms with E-state index in [0.717, 1.165) is 30.8 Å². The maximum atomic E-state index is 11.8. The predicted octanol–water partition coefficient (Wildman–Crippen LogP) is 1.78. The topological polar surface area (TPSA) is 69.6 Å². The minimum Gasteiger partial charge on any atom is -0.481 e. The minimum absolute atomic E-state index is 0.0132. The molecule has 18 heavy (non-hydrogen) atoms. The van der Waals surface area contributed by atoms with Crippen LogP contribution in [0.25, 0.3) is 0 Å². The molecule has 0 saturated carbocycles. The smallest absolute Gasteiger partial charge is 0.317 e. The summed E-state index contributed by atoms with van der Waals surface area (Å²) in [6, 6.07) is 0.350. The van der Waals surface area contributed by atoms with Gasteiger partial charge in [-0.05, 0) is 25.0 Å². The Hall–Kier alpha value is -0.910. The Kier molecular flexibility index (Phi) is 6.93. The standard InChI is InChI=1S/C12H22N2O3S/c1-14(10-6-8-18-9-10)12(17)13-7-4-2-3-5-11(15)16/h10H,2-9H2,1H3,(H,13,17)(H,15,16). The van der Waals surface area contributed by atoms with Crippen molar-refractivity contribution in [3.8, 4) is 0 Å². The molecule has 0 aromatic rings. The van der Waals surface area contributed by atoms with E-state index < -0.39 is 5.97 Å². The predicted molar refractivity (Wildman–Crippen MR) is 73.0 cm³/mol. The van der Waals surface area contributed by atoms with Crippen molar-refractivity contribution in [2.24, 2.45) is 0 Å². The van der Waals surface area contributed by atoms with Crippen LogP contribution < -0.4 is 5.32 Å². The number of carboxylic acids is 1. The molecule has 104 valence electrons. The van der Waals surface area contributed by atoms with Gasteiger partial charge in [-0.3, -0.25) is 4.79 Å². The second-order valence-corrected chi connectivity index (χ2v) is 5.71. The number of urea groups is 1. The van der Waals surface area contributed by atoms with Crippen molar-refractivity contribution < 1.29 is 14.7 Å². The fourth-order valence-electron chi connectivity index (χ4n) is 1.89. The van der Waals surface area contributed by atoms with Crippen LogP contribution in [0.1, 0.15) is 32.1 Å². The van der Waals surface area contributed by atoms with Crippen LogP contribution in [0, 0.1) is 0 Å². The molecule has 0 spiro atoms. The number of aliphatic carboxylic acids is 1. The first-order valence-electron chi connectivity index (χ1n) is 6.41. The van der Waals surface area contributed by atoms with Gasteiger partial charge in [0.2, 0.25) is 0 Å². The quantitative estimate of drug-likeness (QED) is 0.694. The van der Waals surface area contributed by atoms with Gasteiger partial charge in [0.1, 0.15) is 0 Å². The monoisotopic (exact) mass is 274 g/mol. The summed E-state index contributed by atoms with van der Waals surface area (Å²) in [5.74, 6) is 1.41. The van der Waals surface area contributed by atoms with E-state index in [0.29, 0.717) is 19.0 Å². The molecule has 2 N–H and O–H groups in total. The third kappa shape index (κ3) is 5.62. The molecule has 1 saturated heterocycles. The second-order valence-electron chi connectivity index (χ2n) is 4.56. The number of nitrogens with one attached hydrogen (secondary N) is 1. The van der Waals surface area contributed by atoms with Crippen molar-refractivity contribution in [3.63, 3.8) is 0 Å². The number of thioether (sulfide) groups is 1. The van der Waals surface area contributed by atoms with Crippen molar-refractivity contribution in [2.45, 2.75) is 38.1 Å². The number of carbonyl (C=O) groups excluding carboxylic acids is 1. The van der Waals surface area contributed by atoms with Crippen molar-refractivity contribution in [3.05, 3.63) is 0 Å². The van der Waals surface area contributed by atoms with Crippen LogP contribution in [0.4, 0.5) is 4.79 Å². The van der Waals surface area contributed by atoms with Gasteiger partial charge in [0, 0.05) is 31.8 Å². The number of hydrogen-bond acceptors (Lipinski definition) is 3. The summed E-state index contributed by atoms with van der Waals surface area (Å²) in [6.07, 6.45) is 3.66. The molecule has 1 rings (SSSR count). The molecule has 0 aromatic heterocycles. The van der Waals surface area contributed by atoms with Crippen molar-refractivity contribution in [1.29, 1.82) is 0 Å². The zero-order valence-electron chi connectivity index (χ0n) is 10.9. The highest BCUT2D eigenvalue weighted by Crippen LogP contribution is 2.21. The first kappa shape index (κ1) is 15.1. The third-order valence-electron chi connectivity index (χ3n) is 3.12. The Morgan fingerprint density at radius 3 is 2.78 bits per heavy atom. The fourth-order valence-corrected chi connectivity index (χ4v) is 3.16. The van der Waals surface area contributed by atoms with E-state index in [1.54, 1.807) is 4.90 Å². The molecular weight excluding hydrogens is 252 g/mol. The number of amides is 2. The van der Waals surface area contributed by atoms with Gasteiger partial charge in [0.05, 0.1) is 0 Å². The Bertz CT molecular complexity index is 280. The average Bonchev–Trinajstić information content (AvgIpc) is 2.85. The third-order valence-corrected chi connectivity index (χ3v) is 4.26. The van der Waals surface area contributed by atoms with Gasteiger partial charge >= 0.3 is 12.0 Å². The lowest BCUT2D eigenvalue weighted by atomic mass is 10.2. The zero-order chi connectivity index (χ0) is 13.4. The summed E-state index contributed by atoms with van der Waals surface area (Å²) in [5.41, 5.74) is 0. The number of carbonyl (C=O) groups is 2. The lowest BCUT2D eigenvalue weighted by Gasteiger charge is -2.24. The maximum Gasteiger partial charge on any atom is 0.317 e. The summed E-state index contributed by atoms with van der Waals surface area (Å²) in [7, 11) is 1.84. The average molecular weight is 274 g/mol. The number of hydrogen-bond donors (Lipinski definition) is 2. The Morgan fingerprint density at radius 2 is 2.17 bits per heavy atom. The zero-order valence-corrected chi connectivity index (χ0v) is 11.7. The lowest BCUT2D eigenvalue weighted by Crippen LogP contribution is -2.43. The first-order chi connectivity index (χ1) is 8.61. The summed E-state index contributed by atoms with van der Waals surface area (Å²) < 4.78 is 0. The largest absolute Gasteiger partial charge is 0.481 e. The Morgan fingerprint density at radius 1 is 1.39 bits per heavy atom. The van der Waals surface area contributed by atoms with Crippen LogP contribution in [0.5, 0.6) is 0 Å². The van der Waals surface area contributed by atoms with Crippen LogP contribution in [0.3, 0.4) is 0 Å². The van der Waals surface area contributed by atoms with Crippen LogP contribution >= 0.6 is 11.8 Å². The highest BCUT2D eigenvalue weighted by molar-refractivity contribution is 7.99. The fraction of sp³-hybridized carbons (Fsp3) is 0.833. The van der Waals surface area contributed by atoms with Gasteiger partial charge in [-0.2, -0.15) is 11.8 Å². The summed E-state index contributed by atoms with van der Waals surface area (Å²) >= 11 is 1.89. The second kappa shape index (κ2) is 8.24. The molecule has 0 radical (unpaired) electrons. The van der Waals surface area contributed by atoms with Crippen LogP contribution in [-0.4, -0.2) is 53.1 Å². The number of nitrogens with zero attached hydrogens (tertiary/aromatic N) is 1. The lowest BCUT2D eigenvalue weighted by molar-refractivity contribution is -0.137. The maximum absolute atomic E-state index is 11.8. The van der Waals surface area contributed by atoms with Crippen LogP contribution in [-0.2, 0) is 4.79 Å². The Balaban J connectivity index is 2.04. The normalized spacial score (nSPS) is 18.6. The highest BCUT2D eigenvalue weighted by Gasteiger charge is 2.23. The van der Waals surface area contributed by atoms with Crippen molar-refractivity contribution >= 4 is 23.8 Å². The van der Waals surface area contributed by atoms with Crippen molar-refractivity contribution in [2.75, 3.05) is 25.1 Å². The van der Waals surface area contributed by atoms with E-state index in [4.69, 9.17) is 5.11 Å². The molecule has 0 bridgehead atoms. The summed E-state index contributed by atoms with van der Waals surface area (Å²) in [6.45, 7) is 0.628. The number of carboxylic acid groups (broad SMARTS) is 1. The van der Waals surface area contributed by atoms with Crippen molar-refractivity contribution in [1.82, 2.24) is 10.2 Å². The molecule has 1 atom stereocenters. The highest BCUT2D eigenvalue weighted by atomic mass is 32.2. The van der Waals surface area contributed by atoms with Gasteiger partial charge in [0.15, 0.2) is 0 Å². The van der Waals surface area contributed by atoms with E-state index in [1.165, 1.54) is 0 Å². The van der Waals surface area contributed by atoms with Gasteiger partial charge in [0.25, 0.3) is 0 Å². The van der Waals surface area contributed by atoms with E-state index in [9.17, 15) is 9.59 Å². The number of rotatable bonds is 7. The molecule has 1 heterocycles. The van der Waals surface area contributed by atoms with Gasteiger partial charge in [-0.15, -0.1) is 0 Å². The molecular formula is C12H22N2O3S. The van der Waals surface area contributed by atoms with E-state index in [-0.39, 0.29) is 12.5 Å². The van der Waals surface area contributed by atoms with Gasteiger partial charge < -0.3 is 15.3 Å². The molecule has 1 aliphatic heterocycles. The molecule has 2 amide bonds. The summed E-state index contributed by atoms with van der Waals surface area (Å²) in [4.78, 5) is 23.9. The van der Waals surface area contributed by atoms with Crippen LogP contribution in [0.15, 0.2) is 0 Å². The SMILES string of the molecule is CN(C(=O)NCCCCCC(=O)O)C1CCSC1. The molecule has 1 fully saturated rings. The molecule has 0 aliphatic carbocycles.